The molecule has 1 atom stereocenters. The van der Waals surface area contributed by atoms with Crippen molar-refractivity contribution in [2.45, 2.75) is 26.3 Å². The highest BCUT2D eigenvalue weighted by molar-refractivity contribution is 5.80. The van der Waals surface area contributed by atoms with Gasteiger partial charge in [0.1, 0.15) is 5.54 Å². The lowest BCUT2D eigenvalue weighted by molar-refractivity contribution is -0.148. The molecule has 0 aliphatic rings. The van der Waals surface area contributed by atoms with Crippen LogP contribution in [0.2, 0.25) is 0 Å². The molecule has 0 amide bonds. The van der Waals surface area contributed by atoms with Gasteiger partial charge in [-0.2, -0.15) is 0 Å². The predicted molar refractivity (Wildman–Crippen MR) is 72.6 cm³/mol. The van der Waals surface area contributed by atoms with Crippen molar-refractivity contribution in [2.75, 3.05) is 47.5 Å². The number of esters is 1. The lowest BCUT2D eigenvalue weighted by atomic mass is 10.0. The lowest BCUT2D eigenvalue weighted by Crippen LogP contribution is -2.56. The van der Waals surface area contributed by atoms with Gasteiger partial charge in [-0.25, -0.2) is 0 Å². The van der Waals surface area contributed by atoms with Gasteiger partial charge >= 0.3 is 5.97 Å². The average molecular weight is 260 g/mol. The minimum atomic E-state index is -0.683. The molecule has 0 saturated heterocycles. The van der Waals surface area contributed by atoms with Crippen LogP contribution in [0.1, 0.15) is 20.8 Å². The van der Waals surface area contributed by atoms with Gasteiger partial charge in [0.25, 0.3) is 0 Å². The van der Waals surface area contributed by atoms with Crippen LogP contribution in [0.5, 0.6) is 0 Å². The van der Waals surface area contributed by atoms with Crippen molar-refractivity contribution in [1.29, 1.82) is 0 Å². The van der Waals surface area contributed by atoms with Crippen LogP contribution < -0.4 is 5.32 Å². The topological polar surface area (TPSA) is 50.8 Å². The first-order chi connectivity index (χ1) is 8.39. The largest absolute Gasteiger partial charge is 0.468 e. The van der Waals surface area contributed by atoms with E-state index in [-0.39, 0.29) is 5.97 Å². The molecule has 0 saturated carbocycles. The molecule has 108 valence electrons. The third kappa shape index (κ3) is 5.80. The molecule has 0 rings (SSSR count). The number of ether oxygens (including phenoxy) is 2. The number of nitrogens with one attached hydrogen (secondary N) is 1. The summed E-state index contributed by atoms with van der Waals surface area (Å²) < 4.78 is 9.97. The lowest BCUT2D eigenvalue weighted by Gasteiger charge is -2.33. The Bertz CT molecular complexity index is 246. The monoisotopic (exact) mass is 260 g/mol. The van der Waals surface area contributed by atoms with Crippen LogP contribution in [-0.4, -0.2) is 63.9 Å². The molecule has 0 spiro atoms. The summed E-state index contributed by atoms with van der Waals surface area (Å²) in [6.07, 6.45) is 0. The first-order valence-corrected chi connectivity index (χ1v) is 6.38. The van der Waals surface area contributed by atoms with Crippen molar-refractivity contribution in [3.63, 3.8) is 0 Å². The highest BCUT2D eigenvalue weighted by Gasteiger charge is 2.34. The van der Waals surface area contributed by atoms with Crippen molar-refractivity contribution in [2.24, 2.45) is 5.92 Å². The minimum Gasteiger partial charge on any atom is -0.468 e. The molecule has 0 aliphatic heterocycles. The zero-order valence-corrected chi connectivity index (χ0v) is 12.6. The van der Waals surface area contributed by atoms with Crippen molar-refractivity contribution < 1.29 is 14.3 Å². The predicted octanol–water partition coefficient (Wildman–Crippen LogP) is 0.742. The van der Waals surface area contributed by atoms with Gasteiger partial charge in [0.15, 0.2) is 0 Å². The maximum absolute atomic E-state index is 11.8. The molecular weight excluding hydrogens is 232 g/mol. The standard InChI is InChI=1S/C13H28N2O3/c1-11(2)9-15(7-8-17-5)10-13(3,14-4)12(16)18-6/h11,14H,7-10H2,1-6H3. The van der Waals surface area contributed by atoms with Gasteiger partial charge in [-0.1, -0.05) is 13.8 Å². The van der Waals surface area contributed by atoms with Gasteiger partial charge in [-0.05, 0) is 19.9 Å². The second-order valence-electron chi connectivity index (χ2n) is 5.20. The summed E-state index contributed by atoms with van der Waals surface area (Å²) in [7, 11) is 4.88. The first-order valence-electron chi connectivity index (χ1n) is 6.38. The number of methoxy groups -OCH3 is 2. The summed E-state index contributed by atoms with van der Waals surface area (Å²) in [4.78, 5) is 14.0. The van der Waals surface area contributed by atoms with E-state index in [1.807, 2.05) is 6.92 Å². The van der Waals surface area contributed by atoms with Crippen molar-refractivity contribution in [1.82, 2.24) is 10.2 Å². The Balaban J connectivity index is 4.64. The number of rotatable bonds is 9. The second kappa shape index (κ2) is 8.45. The number of carbonyl (C=O) groups is 1. The second-order valence-corrected chi connectivity index (χ2v) is 5.20. The SMILES string of the molecule is CNC(C)(CN(CCOC)CC(C)C)C(=O)OC. The highest BCUT2D eigenvalue weighted by Crippen LogP contribution is 2.10. The molecule has 0 aromatic heterocycles. The molecule has 0 aromatic rings. The Morgan fingerprint density at radius 2 is 2.00 bits per heavy atom. The Labute approximate surface area is 111 Å². The van der Waals surface area contributed by atoms with Crippen molar-refractivity contribution >= 4 is 5.97 Å². The Kier molecular flexibility index (Phi) is 8.15. The number of hydrogen-bond donors (Lipinski definition) is 1. The zero-order valence-electron chi connectivity index (χ0n) is 12.6. The fourth-order valence-corrected chi connectivity index (χ4v) is 1.89. The number of carbonyl (C=O) groups excluding carboxylic acids is 1. The van der Waals surface area contributed by atoms with E-state index in [0.717, 1.165) is 13.1 Å². The van der Waals surface area contributed by atoms with E-state index >= 15 is 0 Å². The third-order valence-corrected chi connectivity index (χ3v) is 2.96. The van der Waals surface area contributed by atoms with E-state index in [2.05, 4.69) is 24.1 Å². The smallest absolute Gasteiger partial charge is 0.327 e. The van der Waals surface area contributed by atoms with Gasteiger partial charge in [-0.3, -0.25) is 9.69 Å². The molecule has 1 unspecified atom stereocenters. The fourth-order valence-electron chi connectivity index (χ4n) is 1.89. The Morgan fingerprint density at radius 1 is 1.39 bits per heavy atom. The van der Waals surface area contributed by atoms with Crippen LogP contribution in [0.4, 0.5) is 0 Å². The Morgan fingerprint density at radius 3 is 2.39 bits per heavy atom. The first kappa shape index (κ1) is 17.4. The summed E-state index contributed by atoms with van der Waals surface area (Å²) in [6, 6.07) is 0. The normalized spacial score (nSPS) is 14.9. The molecule has 0 radical (unpaired) electrons. The van der Waals surface area contributed by atoms with E-state index in [4.69, 9.17) is 9.47 Å². The summed E-state index contributed by atoms with van der Waals surface area (Å²) in [5, 5.41) is 3.05. The van der Waals surface area contributed by atoms with Crippen molar-refractivity contribution in [3.05, 3.63) is 0 Å². The van der Waals surface area contributed by atoms with Gasteiger partial charge in [0, 0.05) is 26.7 Å². The summed E-state index contributed by atoms with van der Waals surface area (Å²) in [5.41, 5.74) is -0.683. The molecule has 5 heteroatoms. The molecular formula is C13H28N2O3. The molecule has 18 heavy (non-hydrogen) atoms. The van der Waals surface area contributed by atoms with Gasteiger partial charge < -0.3 is 14.8 Å². The number of likely N-dealkylation sites (N-methyl/N-ethyl adjacent to an activating group) is 1. The van der Waals surface area contributed by atoms with Gasteiger partial charge in [0.05, 0.1) is 13.7 Å². The summed E-state index contributed by atoms with van der Waals surface area (Å²) >= 11 is 0. The molecule has 0 fully saturated rings. The van der Waals surface area contributed by atoms with E-state index in [1.54, 1.807) is 14.2 Å². The minimum absolute atomic E-state index is 0.240. The molecule has 0 aromatic carbocycles. The van der Waals surface area contributed by atoms with Crippen LogP contribution in [0.3, 0.4) is 0 Å². The van der Waals surface area contributed by atoms with Crippen LogP contribution >= 0.6 is 0 Å². The maximum Gasteiger partial charge on any atom is 0.327 e. The van der Waals surface area contributed by atoms with Gasteiger partial charge in [0.2, 0.25) is 0 Å². The van der Waals surface area contributed by atoms with Crippen LogP contribution in [-0.2, 0) is 14.3 Å². The van der Waals surface area contributed by atoms with Crippen LogP contribution in [0.25, 0.3) is 0 Å². The van der Waals surface area contributed by atoms with E-state index in [1.165, 1.54) is 7.11 Å². The zero-order chi connectivity index (χ0) is 14.2. The quantitative estimate of drug-likeness (QED) is 0.620. The van der Waals surface area contributed by atoms with Crippen LogP contribution in [0, 0.1) is 5.92 Å². The molecule has 0 aliphatic carbocycles. The molecule has 0 heterocycles. The molecule has 1 N–H and O–H groups in total. The van der Waals surface area contributed by atoms with Crippen molar-refractivity contribution in [3.8, 4) is 0 Å². The fraction of sp³-hybridized carbons (Fsp3) is 0.923. The number of hydrogen-bond acceptors (Lipinski definition) is 5. The van der Waals surface area contributed by atoms with E-state index in [0.29, 0.717) is 19.1 Å². The average Bonchev–Trinajstić information content (AvgIpc) is 2.33. The molecule has 5 nitrogen and oxygen atoms in total. The Hall–Kier alpha value is -0.650. The summed E-state index contributed by atoms with van der Waals surface area (Å²) in [5.74, 6) is 0.303. The maximum atomic E-state index is 11.8. The van der Waals surface area contributed by atoms with E-state index in [9.17, 15) is 4.79 Å². The van der Waals surface area contributed by atoms with Gasteiger partial charge in [-0.15, -0.1) is 0 Å². The van der Waals surface area contributed by atoms with E-state index < -0.39 is 5.54 Å². The number of nitrogens with zero attached hydrogens (tertiary/aromatic N) is 1. The summed E-state index contributed by atoms with van der Waals surface area (Å²) in [6.45, 7) is 9.19. The highest BCUT2D eigenvalue weighted by atomic mass is 16.5. The molecule has 0 bridgehead atoms. The third-order valence-electron chi connectivity index (χ3n) is 2.96. The van der Waals surface area contributed by atoms with Crippen LogP contribution in [0.15, 0.2) is 0 Å².